The summed E-state index contributed by atoms with van der Waals surface area (Å²) in [5, 5.41) is 3.00. The van der Waals surface area contributed by atoms with Gasteiger partial charge in [-0.15, -0.1) is 0 Å². The molecule has 1 rings (SSSR count). The number of carbonyl (C=O) groups is 2. The first-order valence-corrected chi connectivity index (χ1v) is 7.59. The lowest BCUT2D eigenvalue weighted by Gasteiger charge is -2.33. The van der Waals surface area contributed by atoms with Crippen molar-refractivity contribution in [3.05, 3.63) is 0 Å². The highest BCUT2D eigenvalue weighted by atomic mass is 32.2. The van der Waals surface area contributed by atoms with Gasteiger partial charge in [-0.2, -0.15) is 11.8 Å². The van der Waals surface area contributed by atoms with Gasteiger partial charge in [-0.25, -0.2) is 4.79 Å². The summed E-state index contributed by atoms with van der Waals surface area (Å²) in [6.45, 7) is 4.11. The summed E-state index contributed by atoms with van der Waals surface area (Å²) in [6.07, 6.45) is 0. The fourth-order valence-corrected chi connectivity index (χ4v) is 2.84. The Bertz CT molecular complexity index is 301. The molecule has 1 unspecified atom stereocenters. The minimum absolute atomic E-state index is 0.0607. The molecule has 0 bridgehead atoms. The van der Waals surface area contributed by atoms with Gasteiger partial charge >= 0.3 is 5.97 Å². The minimum Gasteiger partial charge on any atom is -0.464 e. The molecule has 1 N–H and O–H groups in total. The van der Waals surface area contributed by atoms with Crippen LogP contribution in [0.15, 0.2) is 0 Å². The SMILES string of the molecule is CCOC(=O)C1CSCCN1C(=O)CNCCOC. The molecule has 1 atom stereocenters. The molecule has 0 aromatic carbocycles. The summed E-state index contributed by atoms with van der Waals surface area (Å²) >= 11 is 1.68. The Kier molecular flexibility index (Phi) is 7.85. The normalized spacial score (nSPS) is 19.3. The van der Waals surface area contributed by atoms with E-state index in [-0.39, 0.29) is 18.4 Å². The molecule has 7 heteroatoms. The number of methoxy groups -OCH3 is 1. The standard InChI is InChI=1S/C12H22N2O4S/c1-3-18-12(16)10-9-19-7-5-14(10)11(15)8-13-4-6-17-2/h10,13H,3-9H2,1-2H3. The quantitative estimate of drug-likeness (QED) is 0.514. The molecule has 0 spiro atoms. The van der Waals surface area contributed by atoms with Crippen LogP contribution in [0.1, 0.15) is 6.92 Å². The van der Waals surface area contributed by atoms with Crippen LogP contribution in [0.4, 0.5) is 0 Å². The van der Waals surface area contributed by atoms with Gasteiger partial charge in [0.1, 0.15) is 6.04 Å². The van der Waals surface area contributed by atoms with Gasteiger partial charge in [0.25, 0.3) is 0 Å². The molecule has 1 saturated heterocycles. The monoisotopic (exact) mass is 290 g/mol. The van der Waals surface area contributed by atoms with Crippen LogP contribution < -0.4 is 5.32 Å². The third-order valence-electron chi connectivity index (χ3n) is 2.77. The van der Waals surface area contributed by atoms with Gasteiger partial charge in [-0.3, -0.25) is 4.79 Å². The van der Waals surface area contributed by atoms with E-state index in [0.717, 1.165) is 5.75 Å². The van der Waals surface area contributed by atoms with Crippen molar-refractivity contribution in [1.29, 1.82) is 0 Å². The summed E-state index contributed by atoms with van der Waals surface area (Å²) in [7, 11) is 1.61. The van der Waals surface area contributed by atoms with Crippen LogP contribution in [-0.2, 0) is 19.1 Å². The maximum absolute atomic E-state index is 12.1. The Morgan fingerprint density at radius 1 is 1.47 bits per heavy atom. The van der Waals surface area contributed by atoms with E-state index in [4.69, 9.17) is 9.47 Å². The number of hydrogen-bond donors (Lipinski definition) is 1. The van der Waals surface area contributed by atoms with Crippen LogP contribution in [0.2, 0.25) is 0 Å². The van der Waals surface area contributed by atoms with Crippen molar-refractivity contribution < 1.29 is 19.1 Å². The number of thioether (sulfide) groups is 1. The van der Waals surface area contributed by atoms with Gasteiger partial charge in [-0.05, 0) is 6.92 Å². The molecule has 6 nitrogen and oxygen atoms in total. The molecule has 19 heavy (non-hydrogen) atoms. The highest BCUT2D eigenvalue weighted by molar-refractivity contribution is 7.99. The van der Waals surface area contributed by atoms with Crippen LogP contribution in [0.3, 0.4) is 0 Å². The predicted molar refractivity (Wildman–Crippen MR) is 74.2 cm³/mol. The third kappa shape index (κ3) is 5.38. The van der Waals surface area contributed by atoms with Crippen LogP contribution in [0.5, 0.6) is 0 Å². The van der Waals surface area contributed by atoms with E-state index in [1.807, 2.05) is 0 Å². The van der Waals surface area contributed by atoms with Crippen molar-refractivity contribution in [2.45, 2.75) is 13.0 Å². The van der Waals surface area contributed by atoms with Crippen molar-refractivity contribution in [2.24, 2.45) is 0 Å². The Hall–Kier alpha value is -0.790. The molecule has 0 aliphatic carbocycles. The molecular formula is C12H22N2O4S. The van der Waals surface area contributed by atoms with Gasteiger partial charge in [-0.1, -0.05) is 0 Å². The number of amides is 1. The fourth-order valence-electron chi connectivity index (χ4n) is 1.81. The zero-order valence-corrected chi connectivity index (χ0v) is 12.3. The Balaban J connectivity index is 2.46. The summed E-state index contributed by atoms with van der Waals surface area (Å²) in [5.74, 6) is 1.11. The van der Waals surface area contributed by atoms with Crippen molar-refractivity contribution in [2.75, 3.05) is 51.5 Å². The predicted octanol–water partition coefficient (Wildman–Crippen LogP) is -0.270. The molecule has 0 radical (unpaired) electrons. The number of carbonyl (C=O) groups excluding carboxylic acids is 2. The molecule has 1 aliphatic heterocycles. The molecule has 1 amide bonds. The topological polar surface area (TPSA) is 67.9 Å². The highest BCUT2D eigenvalue weighted by Crippen LogP contribution is 2.17. The van der Waals surface area contributed by atoms with Gasteiger partial charge < -0.3 is 19.7 Å². The largest absolute Gasteiger partial charge is 0.464 e. The molecule has 110 valence electrons. The van der Waals surface area contributed by atoms with Crippen LogP contribution in [0.25, 0.3) is 0 Å². The Labute approximate surface area is 118 Å². The van der Waals surface area contributed by atoms with Gasteiger partial charge in [0, 0.05) is 31.7 Å². The van der Waals surface area contributed by atoms with Crippen LogP contribution >= 0.6 is 11.8 Å². The second-order valence-electron chi connectivity index (χ2n) is 4.10. The first-order chi connectivity index (χ1) is 9.20. The highest BCUT2D eigenvalue weighted by Gasteiger charge is 2.33. The summed E-state index contributed by atoms with van der Waals surface area (Å²) < 4.78 is 9.91. The second-order valence-corrected chi connectivity index (χ2v) is 5.25. The van der Waals surface area contributed by atoms with E-state index < -0.39 is 6.04 Å². The summed E-state index contributed by atoms with van der Waals surface area (Å²) in [6, 6.07) is -0.449. The number of nitrogens with zero attached hydrogens (tertiary/aromatic N) is 1. The van der Waals surface area contributed by atoms with Crippen LogP contribution in [-0.4, -0.2) is 74.3 Å². The van der Waals surface area contributed by atoms with E-state index in [0.29, 0.717) is 32.1 Å². The second kappa shape index (κ2) is 9.17. The van der Waals surface area contributed by atoms with Crippen molar-refractivity contribution in [3.8, 4) is 0 Å². The van der Waals surface area contributed by atoms with E-state index in [2.05, 4.69) is 5.32 Å². The molecule has 1 fully saturated rings. The third-order valence-corrected chi connectivity index (χ3v) is 3.79. The average Bonchev–Trinajstić information content (AvgIpc) is 2.43. The van der Waals surface area contributed by atoms with E-state index in [9.17, 15) is 9.59 Å². The van der Waals surface area contributed by atoms with Gasteiger partial charge in [0.05, 0.1) is 19.8 Å². The molecule has 0 aromatic heterocycles. The average molecular weight is 290 g/mol. The fraction of sp³-hybridized carbons (Fsp3) is 0.833. The van der Waals surface area contributed by atoms with E-state index in [1.54, 1.807) is 30.7 Å². The van der Waals surface area contributed by atoms with E-state index >= 15 is 0 Å². The van der Waals surface area contributed by atoms with Crippen molar-refractivity contribution >= 4 is 23.6 Å². The Morgan fingerprint density at radius 3 is 2.95 bits per heavy atom. The minimum atomic E-state index is -0.449. The first-order valence-electron chi connectivity index (χ1n) is 6.44. The lowest BCUT2D eigenvalue weighted by molar-refractivity contribution is -0.153. The Morgan fingerprint density at radius 2 is 2.26 bits per heavy atom. The van der Waals surface area contributed by atoms with E-state index in [1.165, 1.54) is 0 Å². The maximum Gasteiger partial charge on any atom is 0.329 e. The van der Waals surface area contributed by atoms with Gasteiger partial charge in [0.2, 0.25) is 5.91 Å². The number of rotatable bonds is 7. The molecule has 0 saturated carbocycles. The van der Waals surface area contributed by atoms with Crippen molar-refractivity contribution in [1.82, 2.24) is 10.2 Å². The first kappa shape index (κ1) is 16.3. The van der Waals surface area contributed by atoms with Crippen molar-refractivity contribution in [3.63, 3.8) is 0 Å². The van der Waals surface area contributed by atoms with Gasteiger partial charge in [0.15, 0.2) is 0 Å². The summed E-state index contributed by atoms with van der Waals surface area (Å²) in [5.41, 5.74) is 0. The molecular weight excluding hydrogens is 268 g/mol. The number of ether oxygens (including phenoxy) is 2. The summed E-state index contributed by atoms with van der Waals surface area (Å²) in [4.78, 5) is 25.5. The number of hydrogen-bond acceptors (Lipinski definition) is 6. The smallest absolute Gasteiger partial charge is 0.329 e. The zero-order chi connectivity index (χ0) is 14.1. The lowest BCUT2D eigenvalue weighted by atomic mass is 10.2. The number of nitrogens with one attached hydrogen (secondary N) is 1. The lowest BCUT2D eigenvalue weighted by Crippen LogP contribution is -2.53. The number of esters is 1. The molecule has 0 aromatic rings. The van der Waals surface area contributed by atoms with Crippen LogP contribution in [0, 0.1) is 0 Å². The molecule has 1 heterocycles. The maximum atomic E-state index is 12.1. The molecule has 1 aliphatic rings. The zero-order valence-electron chi connectivity index (χ0n) is 11.5.